The maximum absolute atomic E-state index is 13.1. The van der Waals surface area contributed by atoms with E-state index >= 15 is 0 Å². The number of hydrogen-bond acceptors (Lipinski definition) is 8. The van der Waals surface area contributed by atoms with Gasteiger partial charge < -0.3 is 18.9 Å². The molecule has 1 aromatic heterocycles. The van der Waals surface area contributed by atoms with Gasteiger partial charge in [0.25, 0.3) is 0 Å². The van der Waals surface area contributed by atoms with Crippen LogP contribution in [0.5, 0.6) is 23.0 Å². The van der Waals surface area contributed by atoms with Crippen molar-refractivity contribution in [3.63, 3.8) is 0 Å². The van der Waals surface area contributed by atoms with Crippen LogP contribution in [0, 0.1) is 11.3 Å². The molecule has 0 bridgehead atoms. The molecule has 0 saturated heterocycles. The minimum absolute atomic E-state index is 0.158. The van der Waals surface area contributed by atoms with Gasteiger partial charge in [0.15, 0.2) is 23.0 Å². The summed E-state index contributed by atoms with van der Waals surface area (Å²) >= 11 is 0. The van der Waals surface area contributed by atoms with E-state index < -0.39 is 5.97 Å². The van der Waals surface area contributed by atoms with Gasteiger partial charge in [-0.3, -0.25) is 9.48 Å². The van der Waals surface area contributed by atoms with E-state index in [1.165, 1.54) is 50.4 Å². The van der Waals surface area contributed by atoms with Crippen molar-refractivity contribution in [2.24, 2.45) is 0 Å². The third-order valence-electron chi connectivity index (χ3n) is 4.62. The van der Waals surface area contributed by atoms with Crippen LogP contribution in [-0.2, 0) is 6.54 Å². The largest absolute Gasteiger partial charge is 0.493 e. The summed E-state index contributed by atoms with van der Waals surface area (Å²) in [4.78, 5) is 24.1. The van der Waals surface area contributed by atoms with Gasteiger partial charge in [-0.05, 0) is 36.4 Å². The normalized spacial score (nSPS) is 10.2. The first-order chi connectivity index (χ1) is 15.5. The Bertz CT molecular complexity index is 1180. The molecule has 2 aromatic carbocycles. The van der Waals surface area contributed by atoms with Crippen molar-refractivity contribution in [1.82, 2.24) is 9.78 Å². The van der Waals surface area contributed by atoms with Crippen molar-refractivity contribution >= 4 is 12.3 Å². The van der Waals surface area contributed by atoms with Gasteiger partial charge in [0.05, 0.1) is 40.4 Å². The molecular weight excluding hydrogens is 414 g/mol. The molecule has 0 saturated carbocycles. The van der Waals surface area contributed by atoms with Crippen LogP contribution in [0.3, 0.4) is 0 Å². The summed E-state index contributed by atoms with van der Waals surface area (Å²) in [6, 6.07) is 11.7. The molecule has 0 aliphatic heterocycles. The first-order valence-electron chi connectivity index (χ1n) is 9.56. The zero-order chi connectivity index (χ0) is 23.1. The zero-order valence-corrected chi connectivity index (χ0v) is 17.8. The number of esters is 1. The van der Waals surface area contributed by atoms with Crippen molar-refractivity contribution < 1.29 is 28.5 Å². The number of carbonyl (C=O) groups is 2. The van der Waals surface area contributed by atoms with Gasteiger partial charge in [-0.2, -0.15) is 10.4 Å². The van der Waals surface area contributed by atoms with Crippen LogP contribution in [-0.4, -0.2) is 43.4 Å². The molecule has 0 unspecified atom stereocenters. The average Bonchev–Trinajstić information content (AvgIpc) is 3.26. The number of aldehydes is 1. The van der Waals surface area contributed by atoms with Crippen molar-refractivity contribution in [2.75, 3.05) is 21.3 Å². The molecule has 0 aliphatic rings. The molecule has 1 heterocycles. The molecule has 0 amide bonds. The Kier molecular flexibility index (Phi) is 7.08. The van der Waals surface area contributed by atoms with Crippen LogP contribution in [0.2, 0.25) is 0 Å². The number of benzene rings is 2. The minimum atomic E-state index is -0.671. The lowest BCUT2D eigenvalue weighted by molar-refractivity contribution is 0.0730. The van der Waals surface area contributed by atoms with E-state index in [1.54, 1.807) is 18.2 Å². The Hall–Kier alpha value is -4.32. The van der Waals surface area contributed by atoms with Crippen molar-refractivity contribution in [3.05, 3.63) is 53.7 Å². The predicted octanol–water partition coefficient (Wildman–Crippen LogP) is 3.52. The topological polar surface area (TPSA) is 113 Å². The van der Waals surface area contributed by atoms with E-state index in [9.17, 15) is 9.59 Å². The van der Waals surface area contributed by atoms with Gasteiger partial charge in [-0.15, -0.1) is 0 Å². The maximum atomic E-state index is 13.1. The fourth-order valence-corrected chi connectivity index (χ4v) is 3.04. The Morgan fingerprint density at radius 1 is 1.03 bits per heavy atom. The maximum Gasteiger partial charge on any atom is 0.347 e. The lowest BCUT2D eigenvalue weighted by Crippen LogP contribution is -2.10. The number of rotatable bonds is 9. The van der Waals surface area contributed by atoms with Crippen LogP contribution in [0.25, 0.3) is 11.3 Å². The molecule has 9 heteroatoms. The highest BCUT2D eigenvalue weighted by Gasteiger charge is 2.22. The summed E-state index contributed by atoms with van der Waals surface area (Å²) in [6.07, 6.45) is 2.42. The number of methoxy groups -OCH3 is 3. The summed E-state index contributed by atoms with van der Waals surface area (Å²) in [6.45, 7) is 0.307. The van der Waals surface area contributed by atoms with E-state index in [-0.39, 0.29) is 23.5 Å². The first kappa shape index (κ1) is 22.4. The minimum Gasteiger partial charge on any atom is -0.493 e. The number of aryl methyl sites for hydroxylation is 1. The van der Waals surface area contributed by atoms with E-state index in [0.717, 1.165) is 0 Å². The van der Waals surface area contributed by atoms with Gasteiger partial charge in [-0.1, -0.05) is 0 Å². The highest BCUT2D eigenvalue weighted by Crippen LogP contribution is 2.34. The second-order valence-corrected chi connectivity index (χ2v) is 6.55. The van der Waals surface area contributed by atoms with Crippen LogP contribution in [0.15, 0.2) is 42.6 Å². The predicted molar refractivity (Wildman–Crippen MR) is 114 cm³/mol. The summed E-state index contributed by atoms with van der Waals surface area (Å²) in [5, 5.41) is 13.4. The van der Waals surface area contributed by atoms with Crippen LogP contribution in [0.4, 0.5) is 0 Å². The number of ether oxygens (including phenoxy) is 4. The molecule has 0 radical (unpaired) electrons. The molecule has 0 atom stereocenters. The number of aromatic nitrogens is 2. The molecule has 32 heavy (non-hydrogen) atoms. The van der Waals surface area contributed by atoms with Crippen LogP contribution in [0.1, 0.15) is 27.1 Å². The zero-order valence-electron chi connectivity index (χ0n) is 17.8. The molecule has 0 aliphatic carbocycles. The molecule has 0 fully saturated rings. The highest BCUT2D eigenvalue weighted by atomic mass is 16.6. The number of nitrogens with zero attached hydrogens (tertiary/aromatic N) is 3. The SMILES string of the molecule is COc1ccc(-c2nn(CCC#N)cc2C(=O)Oc2ccc(C=O)cc2OC)cc1OC. The summed E-state index contributed by atoms with van der Waals surface area (Å²) in [5.74, 6) is 0.736. The molecule has 3 rings (SSSR count). The third-order valence-corrected chi connectivity index (χ3v) is 4.62. The Balaban J connectivity index is 2.02. The Labute approximate surface area is 184 Å². The van der Waals surface area contributed by atoms with E-state index in [1.807, 2.05) is 0 Å². The van der Waals surface area contributed by atoms with Crippen LogP contribution < -0.4 is 18.9 Å². The van der Waals surface area contributed by atoms with E-state index in [2.05, 4.69) is 11.2 Å². The fraction of sp³-hybridized carbons (Fsp3) is 0.217. The van der Waals surface area contributed by atoms with Gasteiger partial charge in [0.1, 0.15) is 17.5 Å². The Morgan fingerprint density at radius 2 is 1.72 bits per heavy atom. The fourth-order valence-electron chi connectivity index (χ4n) is 3.04. The van der Waals surface area contributed by atoms with E-state index in [4.69, 9.17) is 24.2 Å². The quantitative estimate of drug-likeness (QED) is 0.285. The van der Waals surface area contributed by atoms with Gasteiger partial charge in [0, 0.05) is 17.3 Å². The first-order valence-corrected chi connectivity index (χ1v) is 9.56. The van der Waals surface area contributed by atoms with Crippen molar-refractivity contribution in [1.29, 1.82) is 5.26 Å². The van der Waals surface area contributed by atoms with Crippen molar-refractivity contribution in [3.8, 4) is 40.3 Å². The smallest absolute Gasteiger partial charge is 0.347 e. The van der Waals surface area contributed by atoms with Gasteiger partial charge in [-0.25, -0.2) is 4.79 Å². The monoisotopic (exact) mass is 435 g/mol. The number of nitriles is 1. The van der Waals surface area contributed by atoms with E-state index in [0.29, 0.717) is 41.2 Å². The molecule has 3 aromatic rings. The second-order valence-electron chi connectivity index (χ2n) is 6.55. The van der Waals surface area contributed by atoms with Crippen molar-refractivity contribution in [2.45, 2.75) is 13.0 Å². The standard InChI is InChI=1S/C23H21N3O6/c1-29-18-8-6-16(12-21(18)31-3)22-17(13-26(25-22)10-4-9-24)23(28)32-19-7-5-15(14-27)11-20(19)30-2/h5-8,11-14H,4,10H2,1-3H3. The van der Waals surface area contributed by atoms with Gasteiger partial charge in [0.2, 0.25) is 0 Å². The summed E-state index contributed by atoms with van der Waals surface area (Å²) in [5.41, 5.74) is 1.54. The van der Waals surface area contributed by atoms with Crippen LogP contribution >= 0.6 is 0 Å². The summed E-state index contributed by atoms with van der Waals surface area (Å²) < 4.78 is 22.9. The Morgan fingerprint density at radius 3 is 2.38 bits per heavy atom. The van der Waals surface area contributed by atoms with Gasteiger partial charge >= 0.3 is 5.97 Å². The number of carbonyl (C=O) groups excluding carboxylic acids is 2. The summed E-state index contributed by atoms with van der Waals surface area (Å²) in [7, 11) is 4.45. The number of hydrogen-bond donors (Lipinski definition) is 0. The molecule has 0 spiro atoms. The lowest BCUT2D eigenvalue weighted by Gasteiger charge is -2.11. The molecule has 164 valence electrons. The second kappa shape index (κ2) is 10.1. The molecule has 0 N–H and O–H groups in total. The highest BCUT2D eigenvalue weighted by molar-refractivity contribution is 5.97. The lowest BCUT2D eigenvalue weighted by atomic mass is 10.1. The molecular formula is C23H21N3O6. The average molecular weight is 435 g/mol. The third kappa shape index (κ3) is 4.70. The molecule has 9 nitrogen and oxygen atoms in total.